The number of piperidine rings is 1. The molecule has 0 bridgehead atoms. The number of ether oxygens (including phenoxy) is 5. The van der Waals surface area contributed by atoms with Crippen LogP contribution in [0.25, 0.3) is 11.0 Å². The SMILES string of the molecule is CC(=O)O.C[C@@H](OCc1ccc(CCCNC(=O)COCCOCCOCCOCCCc2ccc3c(c2)n(C)c(=O)n3C2CCC(=O)NC2=O)cc1)[C@H](CCC(N)=O)NC(=O)[C@@H]1Cc2cccc3c2N1C(=O)[C@@H](N)CC3. The molecule has 0 saturated carbocycles. The van der Waals surface area contributed by atoms with Gasteiger partial charge in [0, 0.05) is 46.4 Å². The number of aliphatic carboxylic acids is 1. The number of carboxylic acid groups (broad SMARTS) is 1. The number of nitrogens with one attached hydrogen (secondary N) is 3. The first-order valence-electron chi connectivity index (χ1n) is 26.3. The molecular weight excluding hydrogens is 997 g/mol. The van der Waals surface area contributed by atoms with E-state index in [9.17, 15) is 33.6 Å². The third kappa shape index (κ3) is 17.3. The van der Waals surface area contributed by atoms with Gasteiger partial charge in [0.05, 0.1) is 81.2 Å². The van der Waals surface area contributed by atoms with E-state index in [1.165, 1.54) is 9.13 Å². The Morgan fingerprint density at radius 2 is 1.44 bits per heavy atom. The minimum atomic E-state index is -0.833. The van der Waals surface area contributed by atoms with Gasteiger partial charge in [-0.05, 0) is 98.2 Å². The number of rotatable bonds is 29. The monoisotopic (exact) mass is 1070 g/mol. The van der Waals surface area contributed by atoms with E-state index in [2.05, 4.69) is 16.0 Å². The van der Waals surface area contributed by atoms with E-state index >= 15 is 0 Å². The van der Waals surface area contributed by atoms with E-state index in [0.717, 1.165) is 71.6 Å². The van der Waals surface area contributed by atoms with E-state index in [0.29, 0.717) is 77.4 Å². The predicted molar refractivity (Wildman–Crippen MR) is 284 cm³/mol. The Morgan fingerprint density at radius 1 is 0.805 bits per heavy atom. The first-order valence-corrected chi connectivity index (χ1v) is 26.3. The molecule has 3 aliphatic rings. The van der Waals surface area contributed by atoms with E-state index in [1.54, 1.807) is 11.9 Å². The first-order chi connectivity index (χ1) is 37.0. The molecule has 0 radical (unpaired) electrons. The number of aryl methyl sites for hydroxylation is 4. The number of carbonyl (C=O) groups is 7. The second kappa shape index (κ2) is 29.6. The lowest BCUT2D eigenvalue weighted by atomic mass is 10.0. The van der Waals surface area contributed by atoms with Gasteiger partial charge in [-0.25, -0.2) is 4.79 Å². The van der Waals surface area contributed by atoms with Gasteiger partial charge in [-0.3, -0.25) is 52.9 Å². The molecule has 7 rings (SSSR count). The number of fused-ring (bicyclic) bond motifs is 1. The summed E-state index contributed by atoms with van der Waals surface area (Å²) >= 11 is 0. The van der Waals surface area contributed by atoms with Gasteiger partial charge in [-0.1, -0.05) is 48.5 Å². The molecule has 1 aromatic heterocycles. The normalized spacial score (nSPS) is 17.7. The van der Waals surface area contributed by atoms with Crippen molar-refractivity contribution in [2.24, 2.45) is 18.5 Å². The van der Waals surface area contributed by atoms with Crippen molar-refractivity contribution in [3.63, 3.8) is 0 Å². The molecule has 3 aliphatic heterocycles. The fourth-order valence-corrected chi connectivity index (χ4v) is 9.58. The van der Waals surface area contributed by atoms with Gasteiger partial charge in [0.2, 0.25) is 35.4 Å². The summed E-state index contributed by atoms with van der Waals surface area (Å²) in [6.07, 6.45) is 4.93. The topological polar surface area (TPSA) is 304 Å². The highest BCUT2D eigenvalue weighted by atomic mass is 16.6. The Morgan fingerprint density at radius 3 is 2.13 bits per heavy atom. The van der Waals surface area contributed by atoms with Gasteiger partial charge in [-0.2, -0.15) is 0 Å². The van der Waals surface area contributed by atoms with Crippen LogP contribution < -0.4 is 38.0 Å². The average molecular weight is 1070 g/mol. The lowest BCUT2D eigenvalue weighted by Crippen LogP contribution is -2.55. The number of amides is 6. The number of hydrogen-bond donors (Lipinski definition) is 6. The Hall–Kier alpha value is -6.82. The summed E-state index contributed by atoms with van der Waals surface area (Å²) in [5.41, 5.74) is 18.6. The van der Waals surface area contributed by atoms with E-state index < -0.39 is 48.1 Å². The van der Waals surface area contributed by atoms with Crippen molar-refractivity contribution in [2.75, 3.05) is 64.3 Å². The smallest absolute Gasteiger partial charge is 0.329 e. The van der Waals surface area contributed by atoms with Crippen LogP contribution in [0.4, 0.5) is 5.69 Å². The number of primary amides is 1. The van der Waals surface area contributed by atoms with Gasteiger partial charge in [0.1, 0.15) is 18.7 Å². The molecule has 8 N–H and O–H groups in total. The molecule has 4 aromatic rings. The van der Waals surface area contributed by atoms with Gasteiger partial charge < -0.3 is 50.9 Å². The van der Waals surface area contributed by atoms with Crippen LogP contribution in [-0.2, 0) is 96.6 Å². The lowest BCUT2D eigenvalue weighted by molar-refractivity contribution is -0.136. The number of benzene rings is 3. The number of imide groups is 1. The molecule has 0 aliphatic carbocycles. The Kier molecular flexibility index (Phi) is 22.9. The van der Waals surface area contributed by atoms with Gasteiger partial charge in [0.25, 0.3) is 5.97 Å². The minimum Gasteiger partial charge on any atom is -0.481 e. The van der Waals surface area contributed by atoms with Crippen molar-refractivity contribution in [1.29, 1.82) is 0 Å². The predicted octanol–water partition coefficient (Wildman–Crippen LogP) is 2.04. The number of nitrogens with two attached hydrogens (primary N) is 2. The molecule has 22 nitrogen and oxygen atoms in total. The van der Waals surface area contributed by atoms with Crippen LogP contribution in [-0.4, -0.2) is 139 Å². The fourth-order valence-electron chi connectivity index (χ4n) is 9.58. The van der Waals surface area contributed by atoms with Crippen molar-refractivity contribution in [1.82, 2.24) is 25.1 Å². The van der Waals surface area contributed by atoms with Crippen molar-refractivity contribution in [3.8, 4) is 0 Å². The summed E-state index contributed by atoms with van der Waals surface area (Å²) < 4.78 is 31.5. The molecule has 1 unspecified atom stereocenters. The zero-order valence-corrected chi connectivity index (χ0v) is 44.3. The fraction of sp³-hybridized carbons (Fsp3) is 0.527. The third-order valence-electron chi connectivity index (χ3n) is 13.6. The quantitative estimate of drug-likeness (QED) is 0.0335. The molecule has 418 valence electrons. The summed E-state index contributed by atoms with van der Waals surface area (Å²) in [6, 6.07) is 16.9. The number of nitrogens with zero attached hydrogens (tertiary/aromatic N) is 3. The maximum atomic E-state index is 13.8. The van der Waals surface area contributed by atoms with Gasteiger partial charge in [0.15, 0.2) is 0 Å². The summed E-state index contributed by atoms with van der Waals surface area (Å²) in [7, 11) is 1.68. The molecule has 6 amide bonds. The zero-order valence-electron chi connectivity index (χ0n) is 44.3. The summed E-state index contributed by atoms with van der Waals surface area (Å²) in [5.74, 6) is -2.89. The number of anilines is 1. The lowest BCUT2D eigenvalue weighted by Gasteiger charge is -2.30. The van der Waals surface area contributed by atoms with E-state index in [4.69, 9.17) is 45.1 Å². The zero-order chi connectivity index (χ0) is 55.4. The van der Waals surface area contributed by atoms with Crippen LogP contribution in [0.2, 0.25) is 0 Å². The Balaban J connectivity index is 0.00000232. The minimum absolute atomic E-state index is 0.0585. The van der Waals surface area contributed by atoms with Crippen molar-refractivity contribution in [2.45, 2.75) is 121 Å². The number of hydrogen-bond acceptors (Lipinski definition) is 14. The number of aromatic nitrogens is 2. The number of para-hydroxylation sites is 1. The van der Waals surface area contributed by atoms with E-state index in [1.807, 2.05) is 67.6 Å². The van der Waals surface area contributed by atoms with Gasteiger partial charge >= 0.3 is 5.69 Å². The third-order valence-corrected chi connectivity index (χ3v) is 13.6. The molecule has 1 saturated heterocycles. The summed E-state index contributed by atoms with van der Waals surface area (Å²) in [6.45, 7) is 6.43. The maximum Gasteiger partial charge on any atom is 0.329 e. The van der Waals surface area contributed by atoms with Crippen LogP contribution in [0.3, 0.4) is 0 Å². The molecule has 3 aromatic carbocycles. The molecular formula is C55H74N8O14. The highest BCUT2D eigenvalue weighted by Gasteiger charge is 2.43. The van der Waals surface area contributed by atoms with Crippen molar-refractivity contribution < 1.29 is 62.4 Å². The molecule has 4 heterocycles. The molecule has 0 spiro atoms. The highest BCUT2D eigenvalue weighted by molar-refractivity contribution is 6.07. The van der Waals surface area contributed by atoms with Crippen LogP contribution in [0.5, 0.6) is 0 Å². The van der Waals surface area contributed by atoms with Crippen molar-refractivity contribution in [3.05, 3.63) is 99.0 Å². The summed E-state index contributed by atoms with van der Waals surface area (Å²) in [5, 5.41) is 15.7. The number of carbonyl (C=O) groups excluding carboxylic acids is 6. The average Bonchev–Trinajstić information content (AvgIpc) is 3.93. The Labute approximate surface area is 447 Å². The van der Waals surface area contributed by atoms with Crippen molar-refractivity contribution >= 4 is 58.1 Å². The van der Waals surface area contributed by atoms with E-state index in [-0.39, 0.29) is 68.4 Å². The van der Waals surface area contributed by atoms with Gasteiger partial charge in [-0.15, -0.1) is 0 Å². The standard InChI is InChI=1S/C53H70N8O12.C2H4O2/c1-34(41(17-20-46(55)62)57-51(66)45-31-39-9-3-8-38-15-16-40(54)52(67)61(45)49(38)39)73-32-37-12-10-35(11-13-37)6-4-22-56-48(64)33-72-29-28-71-27-26-70-25-24-69-23-5-7-36-14-18-42-44(30-36)59(2)53(68)60(42)43-19-21-47(63)58-50(43)65;1-2(3)4/h3,8-14,18,30,34,40-41,43,45H,4-7,15-17,19-29,31-33,54H2,1-2H3,(H2,55,62)(H,56,64)(H,57,66)(H,58,63,65);1H3,(H,3,4)/t34-,40+,41+,43?,45+;/m1./s1. The number of carboxylic acids is 1. The molecule has 5 atom stereocenters. The molecule has 77 heavy (non-hydrogen) atoms. The maximum absolute atomic E-state index is 13.8. The second-order valence-electron chi connectivity index (χ2n) is 19.4. The summed E-state index contributed by atoms with van der Waals surface area (Å²) in [4.78, 5) is 98.9. The first kappa shape index (κ1) is 59.4. The molecule has 22 heteroatoms. The van der Waals surface area contributed by atoms with Crippen LogP contribution in [0.15, 0.2) is 65.5 Å². The van der Waals surface area contributed by atoms with Crippen LogP contribution in [0.1, 0.15) is 92.7 Å². The second-order valence-corrected chi connectivity index (χ2v) is 19.4. The van der Waals surface area contributed by atoms with Crippen LogP contribution in [0, 0.1) is 0 Å². The Bertz CT molecular complexity index is 2740. The number of imidazole rings is 1. The highest BCUT2D eigenvalue weighted by Crippen LogP contribution is 2.39. The molecule has 1 fully saturated rings. The largest absolute Gasteiger partial charge is 0.481 e. The van der Waals surface area contributed by atoms with Crippen LogP contribution >= 0.6 is 0 Å².